The second kappa shape index (κ2) is 1.79. The lowest BCUT2D eigenvalue weighted by molar-refractivity contribution is 1.42. The van der Waals surface area contributed by atoms with Gasteiger partial charge in [0.25, 0.3) is 0 Å². The van der Waals surface area contributed by atoms with Gasteiger partial charge in [-0.15, -0.1) is 0 Å². The summed E-state index contributed by atoms with van der Waals surface area (Å²) in [6.07, 6.45) is 1.05. The Morgan fingerprint density at radius 3 is 1.67 bits per heavy atom. The highest BCUT2D eigenvalue weighted by Gasteiger charge is 1.92. The van der Waals surface area contributed by atoms with Crippen LogP contribution in [0.4, 0.5) is 0 Å². The van der Waals surface area contributed by atoms with Gasteiger partial charge in [-0.05, 0) is 26.5 Å². The maximum Gasteiger partial charge on any atom is -0.0212 e. The quantitative estimate of drug-likeness (QED) is 0.493. The summed E-state index contributed by atoms with van der Waals surface area (Å²) in [5.74, 6) is 0. The lowest BCUT2D eigenvalue weighted by atomic mass is 11.0. The van der Waals surface area contributed by atoms with Crippen LogP contribution in [0.25, 0.3) is 0 Å². The summed E-state index contributed by atoms with van der Waals surface area (Å²) in [7, 11) is -1.15. The Hall–Kier alpha value is 0.230. The molecule has 38 valence electrons. The zero-order chi connectivity index (χ0) is 5.21. The van der Waals surface area contributed by atoms with E-state index in [1.165, 1.54) is 0 Å². The fourth-order valence-electron chi connectivity index (χ4n) is 0. The van der Waals surface area contributed by atoms with Crippen LogP contribution in [-0.2, 0) is 0 Å². The molecule has 1 N–H and O–H groups in total. The van der Waals surface area contributed by atoms with Crippen LogP contribution in [0.5, 0.6) is 0 Å². The van der Waals surface area contributed by atoms with E-state index in [-0.39, 0.29) is 0 Å². The zero-order valence-electron chi connectivity index (χ0n) is 4.65. The molecule has 0 heterocycles. The van der Waals surface area contributed by atoms with Crippen LogP contribution in [0.2, 0.25) is 0 Å². The number of hydrogen-bond donors (Lipinski definition) is 1. The molecule has 2 heteroatoms. The van der Waals surface area contributed by atoms with Crippen molar-refractivity contribution < 1.29 is 0 Å². The Bertz CT molecular complexity index is 71.6. The minimum absolute atomic E-state index is 1.05. The van der Waals surface area contributed by atoms with E-state index >= 15 is 0 Å². The second-order valence-electron chi connectivity index (χ2n) is 2.00. The molecule has 0 aromatic carbocycles. The standard InChI is InChI=1S/C4H12NP/c1-4-6(2,3)5/h5H,4H2,1-3H3. The van der Waals surface area contributed by atoms with Crippen LogP contribution >= 0.6 is 7.05 Å². The smallest absolute Gasteiger partial charge is 0.0212 e. The van der Waals surface area contributed by atoms with E-state index in [9.17, 15) is 0 Å². The maximum atomic E-state index is 7.29. The molecule has 0 spiro atoms. The van der Waals surface area contributed by atoms with Crippen LogP contribution in [0.1, 0.15) is 6.92 Å². The largest absolute Gasteiger partial charge is 0.319 e. The van der Waals surface area contributed by atoms with Gasteiger partial charge < -0.3 is 5.16 Å². The van der Waals surface area contributed by atoms with Crippen LogP contribution in [-0.4, -0.2) is 19.5 Å². The molecule has 0 aliphatic heterocycles. The first-order valence-corrected chi connectivity index (χ1v) is 5.01. The number of hydrogen-bond acceptors (Lipinski definition) is 1. The van der Waals surface area contributed by atoms with Gasteiger partial charge in [-0.2, -0.15) is 0 Å². The van der Waals surface area contributed by atoms with Crippen molar-refractivity contribution in [2.45, 2.75) is 6.92 Å². The van der Waals surface area contributed by atoms with E-state index in [0.717, 1.165) is 6.16 Å². The molecule has 0 unspecified atom stereocenters. The van der Waals surface area contributed by atoms with Crippen molar-refractivity contribution in [2.75, 3.05) is 19.5 Å². The van der Waals surface area contributed by atoms with Crippen LogP contribution < -0.4 is 0 Å². The van der Waals surface area contributed by atoms with Crippen molar-refractivity contribution in [3.63, 3.8) is 0 Å². The zero-order valence-corrected chi connectivity index (χ0v) is 5.55. The molecular weight excluding hydrogens is 93.0 g/mol. The van der Waals surface area contributed by atoms with Gasteiger partial charge >= 0.3 is 0 Å². The van der Waals surface area contributed by atoms with Crippen LogP contribution in [0.3, 0.4) is 0 Å². The molecule has 0 bridgehead atoms. The van der Waals surface area contributed by atoms with Gasteiger partial charge in [0, 0.05) is 0 Å². The molecule has 0 saturated carbocycles. The summed E-state index contributed by atoms with van der Waals surface area (Å²) in [6, 6.07) is 0. The fourth-order valence-corrected chi connectivity index (χ4v) is 0. The summed E-state index contributed by atoms with van der Waals surface area (Å²) in [5.41, 5.74) is 0. The minimum atomic E-state index is -1.15. The second-order valence-corrected chi connectivity index (χ2v) is 6.00. The van der Waals surface area contributed by atoms with E-state index in [1.54, 1.807) is 0 Å². The summed E-state index contributed by atoms with van der Waals surface area (Å²) >= 11 is 0. The van der Waals surface area contributed by atoms with Gasteiger partial charge in [0.2, 0.25) is 0 Å². The number of nitrogens with one attached hydrogen (secondary N) is 1. The van der Waals surface area contributed by atoms with E-state index in [4.69, 9.17) is 5.16 Å². The minimum Gasteiger partial charge on any atom is -0.319 e. The molecule has 0 atom stereocenters. The lowest BCUT2D eigenvalue weighted by Crippen LogP contribution is -1.73. The Labute approximate surface area is 39.6 Å². The van der Waals surface area contributed by atoms with E-state index < -0.39 is 7.05 Å². The SMILES string of the molecule is CCP(C)(C)=N. The first-order valence-electron chi connectivity index (χ1n) is 2.14. The monoisotopic (exact) mass is 105 g/mol. The van der Waals surface area contributed by atoms with E-state index in [0.29, 0.717) is 0 Å². The molecule has 0 aliphatic carbocycles. The molecule has 0 rings (SSSR count). The number of rotatable bonds is 1. The van der Waals surface area contributed by atoms with E-state index in [1.807, 2.05) is 13.3 Å². The molecule has 0 aromatic heterocycles. The van der Waals surface area contributed by atoms with Gasteiger partial charge in [-0.25, -0.2) is 0 Å². The van der Waals surface area contributed by atoms with Crippen molar-refractivity contribution in [1.82, 2.24) is 0 Å². The molecule has 0 radical (unpaired) electrons. The van der Waals surface area contributed by atoms with Gasteiger partial charge in [-0.3, -0.25) is 0 Å². The third-order valence-corrected chi connectivity index (χ3v) is 2.37. The van der Waals surface area contributed by atoms with Gasteiger partial charge in [-0.1, -0.05) is 6.92 Å². The highest BCUT2D eigenvalue weighted by Crippen LogP contribution is 2.35. The van der Waals surface area contributed by atoms with Gasteiger partial charge in [0.1, 0.15) is 0 Å². The van der Waals surface area contributed by atoms with Crippen molar-refractivity contribution >= 4 is 7.05 Å². The Morgan fingerprint density at radius 1 is 1.50 bits per heavy atom. The summed E-state index contributed by atoms with van der Waals surface area (Å²) in [5, 5.41) is 7.29. The molecule has 1 nitrogen and oxygen atoms in total. The normalized spacial score (nSPS) is 11.8. The molecule has 6 heavy (non-hydrogen) atoms. The summed E-state index contributed by atoms with van der Waals surface area (Å²) in [4.78, 5) is 0. The molecule has 0 amide bonds. The summed E-state index contributed by atoms with van der Waals surface area (Å²) in [6.45, 7) is 6.11. The van der Waals surface area contributed by atoms with E-state index in [2.05, 4.69) is 6.92 Å². The first kappa shape index (κ1) is 6.23. The highest BCUT2D eigenvalue weighted by atomic mass is 31.2. The lowest BCUT2D eigenvalue weighted by Gasteiger charge is -2.01. The van der Waals surface area contributed by atoms with Crippen LogP contribution in [0, 0.1) is 5.16 Å². The third-order valence-electron chi connectivity index (χ3n) is 0.791. The third kappa shape index (κ3) is 4.23. The van der Waals surface area contributed by atoms with Crippen molar-refractivity contribution in [2.24, 2.45) is 0 Å². The van der Waals surface area contributed by atoms with Crippen molar-refractivity contribution in [3.05, 3.63) is 0 Å². The topological polar surface area (TPSA) is 23.9 Å². The average molecular weight is 105 g/mol. The molecule has 0 fully saturated rings. The maximum absolute atomic E-state index is 7.29. The molecule has 0 saturated heterocycles. The first-order chi connectivity index (χ1) is 2.56. The van der Waals surface area contributed by atoms with Gasteiger partial charge in [0.15, 0.2) is 0 Å². The highest BCUT2D eigenvalue weighted by molar-refractivity contribution is 7.63. The van der Waals surface area contributed by atoms with Crippen molar-refractivity contribution in [3.8, 4) is 0 Å². The van der Waals surface area contributed by atoms with Crippen molar-refractivity contribution in [1.29, 1.82) is 5.16 Å². The predicted molar refractivity (Wildman–Crippen MR) is 32.0 cm³/mol. The Kier molecular flexibility index (Phi) is 1.86. The molecule has 0 aliphatic rings. The average Bonchev–Trinajstić information content (AvgIpc) is 1.35. The molecule has 0 aromatic rings. The molecular formula is C4H12NP. The fraction of sp³-hybridized carbons (Fsp3) is 1.00. The predicted octanol–water partition coefficient (Wildman–Crippen LogP) is 2.05. The summed E-state index contributed by atoms with van der Waals surface area (Å²) < 4.78 is 0. The Balaban J connectivity index is 3.48. The van der Waals surface area contributed by atoms with Crippen LogP contribution in [0.15, 0.2) is 0 Å². The Morgan fingerprint density at radius 2 is 1.67 bits per heavy atom. The van der Waals surface area contributed by atoms with Gasteiger partial charge in [0.05, 0.1) is 0 Å².